The second-order valence-corrected chi connectivity index (χ2v) is 3.43. The van der Waals surface area contributed by atoms with Gasteiger partial charge in [0, 0.05) is 5.54 Å². The highest BCUT2D eigenvalue weighted by Crippen LogP contribution is 2.19. The molecule has 0 aromatic rings. The van der Waals surface area contributed by atoms with Gasteiger partial charge >= 0.3 is 0 Å². The van der Waals surface area contributed by atoms with Gasteiger partial charge in [-0.05, 0) is 34.7 Å². The molecule has 0 aliphatic rings. The predicted octanol–water partition coefficient (Wildman–Crippen LogP) is 1.39. The Morgan fingerprint density at radius 2 is 1.40 bits per heavy atom. The van der Waals surface area contributed by atoms with Crippen LogP contribution in [0.3, 0.4) is 0 Å². The molecule has 0 aromatic carbocycles. The molecular weight excluding hydrogens is 126 g/mol. The molecule has 0 rings (SSSR count). The van der Waals surface area contributed by atoms with Crippen LogP contribution in [0.5, 0.6) is 0 Å². The van der Waals surface area contributed by atoms with Crippen LogP contribution in [0.15, 0.2) is 0 Å². The number of rotatable bonds is 2. The van der Waals surface area contributed by atoms with Crippen LogP contribution in [-0.2, 0) is 0 Å². The summed E-state index contributed by atoms with van der Waals surface area (Å²) in [6, 6.07) is 0. The lowest BCUT2D eigenvalue weighted by atomic mass is 9.86. The molecule has 0 aliphatic carbocycles. The Morgan fingerprint density at radius 3 is 1.40 bits per heavy atom. The van der Waals surface area contributed by atoms with E-state index in [4.69, 9.17) is 0 Å². The summed E-state index contributed by atoms with van der Waals surface area (Å²) in [4.78, 5) is 0. The predicted molar refractivity (Wildman–Crippen MR) is 46.2 cm³/mol. The fourth-order valence-corrected chi connectivity index (χ4v) is 0.306. The van der Waals surface area contributed by atoms with E-state index in [0.29, 0.717) is 0 Å². The fourth-order valence-electron chi connectivity index (χ4n) is 0.306. The maximum Gasteiger partial charge on any atom is 0.0766 e. The van der Waals surface area contributed by atoms with Crippen LogP contribution in [-0.4, -0.2) is 23.3 Å². The number of hydrogen-bond acceptors (Lipinski definition) is 2. The van der Waals surface area contributed by atoms with Crippen molar-refractivity contribution >= 4 is 0 Å². The normalized spacial score (nSPS) is 12.6. The molecule has 2 heteroatoms. The Hall–Kier alpha value is -0.0800. The third-order valence-electron chi connectivity index (χ3n) is 2.15. The second kappa shape index (κ2) is 3.35. The van der Waals surface area contributed by atoms with Crippen LogP contribution in [0, 0.1) is 0 Å². The fraction of sp³-hybridized carbons (Fsp3) is 1.00. The number of likely N-dealkylation sites (N-methyl/N-ethyl adjacent to an activating group) is 1. The van der Waals surface area contributed by atoms with Crippen LogP contribution in [0.1, 0.15) is 35.1 Å². The molecule has 0 heterocycles. The lowest BCUT2D eigenvalue weighted by Crippen LogP contribution is -2.54. The third-order valence-corrected chi connectivity index (χ3v) is 2.15. The lowest BCUT2D eigenvalue weighted by molar-refractivity contribution is -0.000745. The van der Waals surface area contributed by atoms with Crippen molar-refractivity contribution < 1.29 is 5.11 Å². The molecule has 2 nitrogen and oxygen atoms in total. The molecule has 2 N–H and O–H groups in total. The zero-order valence-electron chi connectivity index (χ0n) is 6.95. The molecule has 10 heavy (non-hydrogen) atoms. The summed E-state index contributed by atoms with van der Waals surface area (Å²) in [5.41, 5.74) is -0.880. The monoisotopic (exact) mass is 147 g/mol. The maximum absolute atomic E-state index is 9.48. The Morgan fingerprint density at radius 1 is 1.10 bits per heavy atom. The van der Waals surface area contributed by atoms with Gasteiger partial charge in [-0.2, -0.15) is 0 Å². The van der Waals surface area contributed by atoms with E-state index in [0.717, 1.165) is 0 Å². The highest BCUT2D eigenvalue weighted by atomic mass is 16.3. The molecule has 0 unspecified atom stereocenters. The van der Waals surface area contributed by atoms with E-state index in [1.165, 1.54) is 0 Å². The maximum atomic E-state index is 9.48. The van der Waals surface area contributed by atoms with Crippen molar-refractivity contribution in [3.63, 3.8) is 0 Å². The van der Waals surface area contributed by atoms with Crippen LogP contribution < -0.4 is 5.32 Å². The molecule has 0 atom stereocenters. The standard InChI is InChI=1S/C7H17NO.CH4/c1-6(2,8-5)7(3,4)9;/h8-9H,1-5H3;1H4. The van der Waals surface area contributed by atoms with Crippen molar-refractivity contribution in [3.8, 4) is 0 Å². The Labute approximate surface area is 64.6 Å². The highest BCUT2D eigenvalue weighted by Gasteiger charge is 2.32. The Balaban J connectivity index is 0. The first kappa shape index (κ1) is 12.6. The summed E-state index contributed by atoms with van der Waals surface area (Å²) in [5, 5.41) is 12.5. The molecular formula is C8H21NO. The van der Waals surface area contributed by atoms with Crippen molar-refractivity contribution in [3.05, 3.63) is 0 Å². The minimum Gasteiger partial charge on any atom is -0.389 e. The summed E-state index contributed by atoms with van der Waals surface area (Å²) in [6.07, 6.45) is 0. The van der Waals surface area contributed by atoms with Gasteiger partial charge in [0.15, 0.2) is 0 Å². The van der Waals surface area contributed by atoms with E-state index < -0.39 is 5.60 Å². The summed E-state index contributed by atoms with van der Waals surface area (Å²) >= 11 is 0. The number of aliphatic hydroxyl groups is 1. The van der Waals surface area contributed by atoms with Gasteiger partial charge in [-0.3, -0.25) is 0 Å². The van der Waals surface area contributed by atoms with E-state index in [1.54, 1.807) is 13.8 Å². The number of nitrogens with one attached hydrogen (secondary N) is 1. The van der Waals surface area contributed by atoms with Crippen molar-refractivity contribution in [2.75, 3.05) is 7.05 Å². The second-order valence-electron chi connectivity index (χ2n) is 3.43. The first-order valence-corrected chi connectivity index (χ1v) is 3.22. The summed E-state index contributed by atoms with van der Waals surface area (Å²) in [6.45, 7) is 7.52. The molecule has 0 spiro atoms. The molecule has 0 fully saturated rings. The van der Waals surface area contributed by atoms with Crippen molar-refractivity contribution in [1.29, 1.82) is 0 Å². The summed E-state index contributed by atoms with van der Waals surface area (Å²) in [5.74, 6) is 0. The van der Waals surface area contributed by atoms with Gasteiger partial charge in [0.25, 0.3) is 0 Å². The summed E-state index contributed by atoms with van der Waals surface area (Å²) < 4.78 is 0. The molecule has 0 aliphatic heterocycles. The first-order valence-electron chi connectivity index (χ1n) is 3.22. The third kappa shape index (κ3) is 2.67. The average Bonchev–Trinajstić information content (AvgIpc) is 1.64. The van der Waals surface area contributed by atoms with Gasteiger partial charge in [0.1, 0.15) is 0 Å². The van der Waals surface area contributed by atoms with Crippen LogP contribution in [0.25, 0.3) is 0 Å². The average molecular weight is 147 g/mol. The Bertz CT molecular complexity index is 91.9. The van der Waals surface area contributed by atoms with Gasteiger partial charge in [0.05, 0.1) is 5.60 Å². The van der Waals surface area contributed by atoms with E-state index >= 15 is 0 Å². The van der Waals surface area contributed by atoms with Crippen molar-refractivity contribution in [2.24, 2.45) is 0 Å². The highest BCUT2D eigenvalue weighted by molar-refractivity contribution is 4.91. The van der Waals surface area contributed by atoms with Gasteiger partial charge in [-0.1, -0.05) is 7.43 Å². The molecule has 64 valence electrons. The quantitative estimate of drug-likeness (QED) is 0.618. The van der Waals surface area contributed by atoms with Crippen LogP contribution >= 0.6 is 0 Å². The van der Waals surface area contributed by atoms with Gasteiger partial charge in [0.2, 0.25) is 0 Å². The molecule has 0 radical (unpaired) electrons. The number of hydrogen-bond donors (Lipinski definition) is 2. The molecule has 0 saturated carbocycles. The van der Waals surface area contributed by atoms with E-state index in [2.05, 4.69) is 5.32 Å². The van der Waals surface area contributed by atoms with E-state index in [-0.39, 0.29) is 13.0 Å². The SMILES string of the molecule is C.CNC(C)(C)C(C)(C)O. The molecule has 0 bridgehead atoms. The van der Waals surface area contributed by atoms with Gasteiger partial charge in [-0.15, -0.1) is 0 Å². The van der Waals surface area contributed by atoms with E-state index in [1.807, 2.05) is 20.9 Å². The molecule has 0 amide bonds. The molecule has 0 saturated heterocycles. The Kier molecular flexibility index (Phi) is 4.22. The topological polar surface area (TPSA) is 32.3 Å². The first-order chi connectivity index (χ1) is 3.81. The van der Waals surface area contributed by atoms with Gasteiger partial charge < -0.3 is 10.4 Å². The van der Waals surface area contributed by atoms with Crippen LogP contribution in [0.2, 0.25) is 0 Å². The smallest absolute Gasteiger partial charge is 0.0766 e. The zero-order valence-corrected chi connectivity index (χ0v) is 6.95. The largest absolute Gasteiger partial charge is 0.389 e. The lowest BCUT2D eigenvalue weighted by Gasteiger charge is -2.36. The summed E-state index contributed by atoms with van der Waals surface area (Å²) in [7, 11) is 1.85. The minimum absolute atomic E-state index is 0. The van der Waals surface area contributed by atoms with Crippen molar-refractivity contribution in [1.82, 2.24) is 5.32 Å². The van der Waals surface area contributed by atoms with Crippen molar-refractivity contribution in [2.45, 2.75) is 46.3 Å². The van der Waals surface area contributed by atoms with Gasteiger partial charge in [-0.25, -0.2) is 0 Å². The minimum atomic E-state index is -0.665. The molecule has 0 aromatic heterocycles. The van der Waals surface area contributed by atoms with Crippen LogP contribution in [0.4, 0.5) is 0 Å². The zero-order chi connectivity index (χ0) is 7.71. The van der Waals surface area contributed by atoms with E-state index in [9.17, 15) is 5.11 Å².